The van der Waals surface area contributed by atoms with Crippen LogP contribution < -0.4 is 14.4 Å². The van der Waals surface area contributed by atoms with Crippen LogP contribution in [0.25, 0.3) is 0 Å². The molecule has 31 heavy (non-hydrogen) atoms. The molecule has 0 fully saturated rings. The lowest BCUT2D eigenvalue weighted by molar-refractivity contribution is 0.0980. The molecule has 2 aromatic carbocycles. The number of carbonyl (C=O) groups excluding carboxylic acids is 1. The van der Waals surface area contributed by atoms with Gasteiger partial charge in [-0.25, -0.2) is 13.8 Å². The number of carbonyl (C=O) groups is 1. The summed E-state index contributed by atoms with van der Waals surface area (Å²) in [7, 11) is 1.20. The van der Waals surface area contributed by atoms with Gasteiger partial charge in [0.25, 0.3) is 5.91 Å². The fourth-order valence-corrected chi connectivity index (χ4v) is 4.12. The third kappa shape index (κ3) is 4.95. The molecule has 0 saturated heterocycles. The molecule has 0 saturated carbocycles. The molecule has 160 valence electrons. The number of aromatic nitrogens is 1. The minimum absolute atomic E-state index is 0.0836. The fourth-order valence-electron chi connectivity index (χ4n) is 2.92. The Labute approximate surface area is 186 Å². The predicted molar refractivity (Wildman–Crippen MR) is 118 cm³/mol. The normalized spacial score (nSPS) is 10.5. The molecule has 1 aromatic heterocycles. The average molecular weight is 461 g/mol. The summed E-state index contributed by atoms with van der Waals surface area (Å²) in [5.41, 5.74) is 1.75. The van der Waals surface area contributed by atoms with Gasteiger partial charge in [0.2, 0.25) is 0 Å². The van der Waals surface area contributed by atoms with E-state index in [1.807, 2.05) is 0 Å². The molecule has 0 radical (unpaired) electrons. The summed E-state index contributed by atoms with van der Waals surface area (Å²) in [6.07, 6.45) is 1.73. The van der Waals surface area contributed by atoms with E-state index < -0.39 is 17.4 Å². The zero-order valence-corrected chi connectivity index (χ0v) is 18.5. The van der Waals surface area contributed by atoms with E-state index in [-0.39, 0.29) is 18.1 Å². The van der Waals surface area contributed by atoms with Gasteiger partial charge in [-0.05, 0) is 48.9 Å². The lowest BCUT2D eigenvalue weighted by Crippen LogP contribution is -2.19. The molecular formula is C21H18F2N4O2S2. The van der Waals surface area contributed by atoms with Crippen molar-refractivity contribution in [3.05, 3.63) is 69.7 Å². The van der Waals surface area contributed by atoms with Gasteiger partial charge in [0.15, 0.2) is 22.5 Å². The number of hydrogen-bond donors (Lipinski definition) is 1. The second kappa shape index (κ2) is 9.76. The van der Waals surface area contributed by atoms with E-state index in [0.29, 0.717) is 26.8 Å². The van der Waals surface area contributed by atoms with Gasteiger partial charge in [-0.1, -0.05) is 11.9 Å². The lowest BCUT2D eigenvalue weighted by atomic mass is 10.1. The van der Waals surface area contributed by atoms with Crippen LogP contribution in [0.3, 0.4) is 0 Å². The quantitative estimate of drug-likeness (QED) is 0.503. The number of methoxy groups -OCH3 is 1. The highest BCUT2D eigenvalue weighted by molar-refractivity contribution is 7.97. The summed E-state index contributed by atoms with van der Waals surface area (Å²) >= 11 is 2.45. The molecule has 1 amide bonds. The average Bonchev–Trinajstić information content (AvgIpc) is 3.13. The first kappa shape index (κ1) is 22.5. The van der Waals surface area contributed by atoms with Gasteiger partial charge in [0.1, 0.15) is 5.69 Å². The highest BCUT2D eigenvalue weighted by Crippen LogP contribution is 2.34. The number of nitriles is 1. The summed E-state index contributed by atoms with van der Waals surface area (Å²) in [6, 6.07) is 11.1. The first-order valence-corrected chi connectivity index (χ1v) is 11.0. The smallest absolute Gasteiger partial charge is 0.280 e. The summed E-state index contributed by atoms with van der Waals surface area (Å²) < 4.78 is 35.9. The first-order chi connectivity index (χ1) is 14.9. The van der Waals surface area contributed by atoms with Crippen molar-refractivity contribution in [3.63, 3.8) is 0 Å². The second-order valence-electron chi connectivity index (χ2n) is 6.37. The third-order valence-corrected chi connectivity index (χ3v) is 5.72. The molecule has 0 aliphatic heterocycles. The Morgan fingerprint density at radius 1 is 1.29 bits per heavy atom. The third-order valence-electron chi connectivity index (χ3n) is 4.34. The Morgan fingerprint density at radius 3 is 2.48 bits per heavy atom. The molecule has 3 aromatic rings. The second-order valence-corrected chi connectivity index (χ2v) is 8.17. The van der Waals surface area contributed by atoms with Crippen LogP contribution in [-0.2, 0) is 6.54 Å². The van der Waals surface area contributed by atoms with Gasteiger partial charge in [-0.15, -0.1) is 11.3 Å². The van der Waals surface area contributed by atoms with E-state index in [0.717, 1.165) is 0 Å². The first-order valence-electron chi connectivity index (χ1n) is 8.98. The van der Waals surface area contributed by atoms with E-state index in [4.69, 9.17) is 10.00 Å². The maximum absolute atomic E-state index is 14.2. The van der Waals surface area contributed by atoms with Crippen molar-refractivity contribution in [2.24, 2.45) is 0 Å². The molecule has 0 bridgehead atoms. The van der Waals surface area contributed by atoms with Gasteiger partial charge in [0, 0.05) is 16.8 Å². The van der Waals surface area contributed by atoms with Crippen molar-refractivity contribution in [1.82, 2.24) is 9.71 Å². The standard InChI is InChI=1S/C21H18F2N4O2S2/c1-12-18(20(28)26-30-3)25-21(31-12)27(15-6-4-13(10-24)5-7-15)11-14-8-16(22)19(29-2)17(23)9-14/h4-9H,11H2,1-3H3,(H,26,28). The minimum atomic E-state index is -0.812. The van der Waals surface area contributed by atoms with Crippen LogP contribution in [0.1, 0.15) is 26.5 Å². The number of halogens is 2. The molecule has 6 nitrogen and oxygen atoms in total. The molecule has 0 unspecified atom stereocenters. The number of thiazole rings is 1. The number of ether oxygens (including phenoxy) is 1. The molecule has 0 aliphatic rings. The highest BCUT2D eigenvalue weighted by atomic mass is 32.2. The monoisotopic (exact) mass is 460 g/mol. The summed E-state index contributed by atoms with van der Waals surface area (Å²) in [4.78, 5) is 19.2. The van der Waals surface area contributed by atoms with E-state index >= 15 is 0 Å². The molecule has 10 heteroatoms. The Morgan fingerprint density at radius 2 is 1.94 bits per heavy atom. The molecular weight excluding hydrogens is 442 g/mol. The van der Waals surface area contributed by atoms with Gasteiger partial charge in [-0.3, -0.25) is 9.52 Å². The SMILES string of the molecule is COc1c(F)cc(CN(c2ccc(C#N)cc2)c2nc(C(=O)NSC)c(C)s2)cc1F. The van der Waals surface area contributed by atoms with Crippen molar-refractivity contribution >= 4 is 40.0 Å². The maximum Gasteiger partial charge on any atom is 0.280 e. The van der Waals surface area contributed by atoms with E-state index in [9.17, 15) is 13.6 Å². The highest BCUT2D eigenvalue weighted by Gasteiger charge is 2.22. The van der Waals surface area contributed by atoms with Crippen LogP contribution in [0.2, 0.25) is 0 Å². The Balaban J connectivity index is 2.05. The number of nitrogens with zero attached hydrogens (tertiary/aromatic N) is 3. The number of anilines is 2. The number of amides is 1. The zero-order chi connectivity index (χ0) is 22.5. The van der Waals surface area contributed by atoms with Crippen LogP contribution in [0.15, 0.2) is 36.4 Å². The fraction of sp³-hybridized carbons (Fsp3) is 0.190. The number of aryl methyl sites for hydroxylation is 1. The van der Waals surface area contributed by atoms with Crippen LogP contribution in [0.5, 0.6) is 5.75 Å². The van der Waals surface area contributed by atoms with E-state index in [1.54, 1.807) is 42.3 Å². The minimum Gasteiger partial charge on any atom is -0.491 e. The maximum atomic E-state index is 14.2. The topological polar surface area (TPSA) is 78.2 Å². The van der Waals surface area contributed by atoms with Gasteiger partial charge >= 0.3 is 0 Å². The Kier molecular flexibility index (Phi) is 7.09. The lowest BCUT2D eigenvalue weighted by Gasteiger charge is -2.22. The molecule has 1 heterocycles. The predicted octanol–water partition coefficient (Wildman–Crippen LogP) is 4.96. The van der Waals surface area contributed by atoms with Crippen molar-refractivity contribution in [2.45, 2.75) is 13.5 Å². The van der Waals surface area contributed by atoms with Crippen LogP contribution >= 0.6 is 23.3 Å². The van der Waals surface area contributed by atoms with E-state index in [2.05, 4.69) is 15.8 Å². The summed E-state index contributed by atoms with van der Waals surface area (Å²) in [5, 5.41) is 9.54. The molecule has 0 spiro atoms. The Bertz CT molecular complexity index is 1120. The van der Waals surface area contributed by atoms with Gasteiger partial charge in [0.05, 0.1) is 25.3 Å². The molecule has 1 N–H and O–H groups in total. The molecule has 0 atom stereocenters. The summed E-state index contributed by atoms with van der Waals surface area (Å²) in [6.45, 7) is 1.86. The number of benzene rings is 2. The molecule has 3 rings (SSSR count). The van der Waals surface area contributed by atoms with Gasteiger partial charge < -0.3 is 9.64 Å². The number of rotatable bonds is 7. The van der Waals surface area contributed by atoms with Gasteiger partial charge in [-0.2, -0.15) is 5.26 Å². The van der Waals surface area contributed by atoms with Crippen LogP contribution in [-0.4, -0.2) is 24.3 Å². The van der Waals surface area contributed by atoms with Crippen molar-refractivity contribution in [1.29, 1.82) is 5.26 Å². The van der Waals surface area contributed by atoms with E-state index in [1.165, 1.54) is 42.5 Å². The number of hydrogen-bond acceptors (Lipinski definition) is 7. The zero-order valence-electron chi connectivity index (χ0n) is 16.9. The van der Waals surface area contributed by atoms with Crippen LogP contribution in [0.4, 0.5) is 19.6 Å². The van der Waals surface area contributed by atoms with Crippen LogP contribution in [0, 0.1) is 29.9 Å². The number of nitrogens with one attached hydrogen (secondary N) is 1. The van der Waals surface area contributed by atoms with Crippen molar-refractivity contribution < 1.29 is 18.3 Å². The van der Waals surface area contributed by atoms with Crippen molar-refractivity contribution in [2.75, 3.05) is 18.3 Å². The molecule has 0 aliphatic carbocycles. The van der Waals surface area contributed by atoms with Crippen molar-refractivity contribution in [3.8, 4) is 11.8 Å². The Hall–Kier alpha value is -3.16. The largest absolute Gasteiger partial charge is 0.491 e. The summed E-state index contributed by atoms with van der Waals surface area (Å²) in [5.74, 6) is -2.40.